The second-order valence-corrected chi connectivity index (χ2v) is 10.6. The number of rotatable bonds is 6. The molecular weight excluding hydrogens is 553 g/mol. The largest absolute Gasteiger partial charge is 0.496 e. The van der Waals surface area contributed by atoms with Crippen molar-refractivity contribution in [2.75, 3.05) is 12.0 Å². The molecule has 2 nitrogen and oxygen atoms in total. The van der Waals surface area contributed by atoms with E-state index < -0.39 is 0 Å². The summed E-state index contributed by atoms with van der Waals surface area (Å²) in [7, 11) is 1.74. The van der Waals surface area contributed by atoms with Crippen molar-refractivity contribution in [3.63, 3.8) is 0 Å². The summed E-state index contributed by atoms with van der Waals surface area (Å²) in [5, 5.41) is 0. The Morgan fingerprint density at radius 3 is 1.69 bits per heavy atom. The Labute approximate surface area is 229 Å². The van der Waals surface area contributed by atoms with Gasteiger partial charge in [-0.2, -0.15) is 0 Å². The number of methoxy groups -OCH3 is 1. The van der Waals surface area contributed by atoms with Crippen LogP contribution in [-0.4, -0.2) is 7.11 Å². The van der Waals surface area contributed by atoms with Crippen LogP contribution in [0, 0.1) is 31.3 Å². The van der Waals surface area contributed by atoms with E-state index in [1.165, 1.54) is 48.2 Å². The van der Waals surface area contributed by atoms with E-state index in [-0.39, 0.29) is 0 Å². The molecule has 0 radical (unpaired) electrons. The van der Waals surface area contributed by atoms with E-state index in [0.29, 0.717) is 0 Å². The zero-order chi connectivity index (χ0) is 26.0. The summed E-state index contributed by atoms with van der Waals surface area (Å²) >= 11 is 2.44. The highest BCUT2D eigenvalue weighted by Gasteiger charge is 2.16. The molecule has 36 heavy (non-hydrogen) atoms. The number of hydrogen-bond donors (Lipinski definition) is 0. The van der Waals surface area contributed by atoms with Crippen LogP contribution < -0.4 is 9.64 Å². The van der Waals surface area contributed by atoms with Gasteiger partial charge in [0.25, 0.3) is 0 Å². The van der Waals surface area contributed by atoms with Crippen LogP contribution in [0.25, 0.3) is 22.3 Å². The maximum Gasteiger partial charge on any atom is 0.126 e. The van der Waals surface area contributed by atoms with Crippen molar-refractivity contribution in [1.82, 2.24) is 0 Å². The summed E-state index contributed by atoms with van der Waals surface area (Å²) in [6, 6.07) is 26.5. The minimum atomic E-state index is 0.907. The fraction of sp³-hybridized carbons (Fsp3) is 0.212. The zero-order valence-electron chi connectivity index (χ0n) is 22.2. The fourth-order valence-corrected chi connectivity index (χ4v) is 5.68. The molecule has 0 bridgehead atoms. The van der Waals surface area contributed by atoms with E-state index in [4.69, 9.17) is 4.74 Å². The van der Waals surface area contributed by atoms with Crippen LogP contribution in [0.4, 0.5) is 11.4 Å². The molecule has 0 aliphatic heterocycles. The lowest BCUT2D eigenvalue weighted by Crippen LogP contribution is -2.14. The third-order valence-electron chi connectivity index (χ3n) is 6.77. The maximum atomic E-state index is 5.69. The van der Waals surface area contributed by atoms with E-state index in [2.05, 4.69) is 148 Å². The highest BCUT2D eigenvalue weighted by Crippen LogP contribution is 2.39. The van der Waals surface area contributed by atoms with Crippen molar-refractivity contribution in [3.8, 4) is 28.0 Å². The molecule has 0 amide bonds. The first-order valence-electron chi connectivity index (χ1n) is 12.3. The first kappa shape index (κ1) is 26.0. The molecule has 0 unspecified atom stereocenters. The molecule has 0 saturated heterocycles. The molecule has 0 aromatic heterocycles. The van der Waals surface area contributed by atoms with Gasteiger partial charge >= 0.3 is 0 Å². The molecule has 0 spiro atoms. The molecule has 4 rings (SSSR count). The van der Waals surface area contributed by atoms with Gasteiger partial charge in [0.05, 0.1) is 7.11 Å². The Kier molecular flexibility index (Phi) is 7.89. The molecule has 4 aromatic rings. The molecule has 0 aliphatic carbocycles. The van der Waals surface area contributed by atoms with Crippen LogP contribution in [0.5, 0.6) is 5.75 Å². The van der Waals surface area contributed by atoms with Crippen LogP contribution >= 0.6 is 22.6 Å². The van der Waals surface area contributed by atoms with Crippen molar-refractivity contribution in [2.45, 2.75) is 41.5 Å². The molecule has 0 heterocycles. The Hall–Kier alpha value is -3.05. The van der Waals surface area contributed by atoms with Gasteiger partial charge in [-0.1, -0.05) is 48.0 Å². The quantitative estimate of drug-likeness (QED) is 0.208. The topological polar surface area (TPSA) is 12.5 Å². The van der Waals surface area contributed by atoms with Gasteiger partial charge in [0.2, 0.25) is 0 Å². The average Bonchev–Trinajstić information content (AvgIpc) is 2.85. The van der Waals surface area contributed by atoms with Gasteiger partial charge in [-0.25, -0.2) is 0 Å². The van der Waals surface area contributed by atoms with Crippen LogP contribution in [0.1, 0.15) is 36.1 Å². The Morgan fingerprint density at radius 1 is 0.694 bits per heavy atom. The van der Waals surface area contributed by atoms with Crippen molar-refractivity contribution < 1.29 is 4.74 Å². The summed E-state index contributed by atoms with van der Waals surface area (Å²) in [4.78, 5) is 2.33. The SMILES string of the molecule is C/C=C(\C)N(c1ccc(-c2ccc(C)cc2I)c(C)c1)c1ccc(-c2ccc(C)cc2OC)c(C)c1. The number of halogens is 1. The number of ether oxygens (including phenoxy) is 1. The predicted molar refractivity (Wildman–Crippen MR) is 164 cm³/mol. The smallest absolute Gasteiger partial charge is 0.126 e. The number of anilines is 2. The van der Waals surface area contributed by atoms with Crippen LogP contribution in [0.2, 0.25) is 0 Å². The first-order chi connectivity index (χ1) is 17.2. The van der Waals surface area contributed by atoms with E-state index in [0.717, 1.165) is 22.7 Å². The molecule has 0 atom stereocenters. The van der Waals surface area contributed by atoms with Crippen molar-refractivity contribution >= 4 is 34.0 Å². The van der Waals surface area contributed by atoms with Gasteiger partial charge in [-0.15, -0.1) is 0 Å². The number of hydrogen-bond acceptors (Lipinski definition) is 2. The van der Waals surface area contributed by atoms with Gasteiger partial charge in [-0.3, -0.25) is 0 Å². The Balaban J connectivity index is 1.77. The lowest BCUT2D eigenvalue weighted by Gasteiger charge is -2.28. The highest BCUT2D eigenvalue weighted by molar-refractivity contribution is 14.1. The zero-order valence-corrected chi connectivity index (χ0v) is 24.4. The second kappa shape index (κ2) is 10.9. The maximum absolute atomic E-state index is 5.69. The highest BCUT2D eigenvalue weighted by atomic mass is 127. The van der Waals surface area contributed by atoms with E-state index >= 15 is 0 Å². The molecule has 184 valence electrons. The number of allylic oxidation sites excluding steroid dienone is 2. The average molecular weight is 588 g/mol. The van der Waals surface area contributed by atoms with E-state index in [1.807, 2.05) is 0 Å². The summed E-state index contributed by atoms with van der Waals surface area (Å²) < 4.78 is 6.97. The van der Waals surface area contributed by atoms with Gasteiger partial charge in [0.15, 0.2) is 0 Å². The lowest BCUT2D eigenvalue weighted by atomic mass is 9.97. The Bertz CT molecular complexity index is 1450. The Morgan fingerprint density at radius 2 is 1.19 bits per heavy atom. The van der Waals surface area contributed by atoms with Gasteiger partial charge < -0.3 is 9.64 Å². The molecule has 4 aromatic carbocycles. The third-order valence-corrected chi connectivity index (χ3v) is 7.66. The van der Waals surface area contributed by atoms with Crippen LogP contribution in [0.15, 0.2) is 84.6 Å². The normalized spacial score (nSPS) is 11.5. The van der Waals surface area contributed by atoms with Crippen LogP contribution in [-0.2, 0) is 0 Å². The number of aryl methyl sites for hydroxylation is 4. The van der Waals surface area contributed by atoms with Crippen molar-refractivity contribution in [2.24, 2.45) is 0 Å². The summed E-state index contributed by atoms with van der Waals surface area (Å²) in [5.74, 6) is 0.907. The first-order valence-corrected chi connectivity index (χ1v) is 13.4. The monoisotopic (exact) mass is 587 g/mol. The van der Waals surface area contributed by atoms with Crippen LogP contribution in [0.3, 0.4) is 0 Å². The predicted octanol–water partition coefficient (Wildman–Crippen LogP) is 9.93. The number of benzene rings is 4. The minimum absolute atomic E-state index is 0.907. The van der Waals surface area contributed by atoms with E-state index in [1.54, 1.807) is 7.11 Å². The summed E-state index contributed by atoms with van der Waals surface area (Å²) in [6.07, 6.45) is 2.17. The van der Waals surface area contributed by atoms with E-state index in [9.17, 15) is 0 Å². The standard InChI is InChI=1S/C33H34INO/c1-8-25(6)35(26-11-15-28(23(4)19-26)30-13-9-21(2)17-32(30)34)27-12-16-29(24(5)20-27)31-14-10-22(3)18-33(31)36-7/h8-20H,1-7H3/b25-8+. The fourth-order valence-electron chi connectivity index (χ4n) is 4.72. The molecule has 0 saturated carbocycles. The molecule has 0 N–H and O–H groups in total. The van der Waals surface area contributed by atoms with Gasteiger partial charge in [0.1, 0.15) is 5.75 Å². The van der Waals surface area contributed by atoms with Crippen molar-refractivity contribution in [1.29, 1.82) is 0 Å². The third kappa shape index (κ3) is 5.22. The second-order valence-electron chi connectivity index (χ2n) is 9.45. The van der Waals surface area contributed by atoms with Gasteiger partial charge in [-0.05, 0) is 134 Å². The molecule has 0 aliphatic rings. The molecular formula is C33H34INO. The van der Waals surface area contributed by atoms with Gasteiger partial charge in [0, 0.05) is 26.2 Å². The van der Waals surface area contributed by atoms with Crippen molar-refractivity contribution in [3.05, 3.63) is 110 Å². The summed E-state index contributed by atoms with van der Waals surface area (Å²) in [6.45, 7) is 12.9. The lowest BCUT2D eigenvalue weighted by molar-refractivity contribution is 0.416. The minimum Gasteiger partial charge on any atom is -0.496 e. The molecule has 0 fully saturated rings. The number of nitrogens with zero attached hydrogens (tertiary/aromatic N) is 1. The molecule has 3 heteroatoms. The summed E-state index contributed by atoms with van der Waals surface area (Å²) in [5.41, 5.74) is 13.3.